The van der Waals surface area contributed by atoms with Gasteiger partial charge < -0.3 is 15.2 Å². The van der Waals surface area contributed by atoms with Crippen molar-refractivity contribution in [3.63, 3.8) is 0 Å². The lowest BCUT2D eigenvalue weighted by Gasteiger charge is -2.20. The molecule has 146 valence electrons. The number of hydrogen-bond donors (Lipinski definition) is 2. The molecule has 0 heterocycles. The SMILES string of the molecule is CCCCCCOc1cc2c(cc1CCCC(=O)NCCO)CCCC2. The van der Waals surface area contributed by atoms with Crippen LogP contribution >= 0.6 is 0 Å². The molecule has 2 rings (SSSR count). The number of carbonyl (C=O) groups is 1. The van der Waals surface area contributed by atoms with Crippen LogP contribution in [0.3, 0.4) is 0 Å². The van der Waals surface area contributed by atoms with E-state index >= 15 is 0 Å². The Kier molecular flexibility index (Phi) is 9.54. The van der Waals surface area contributed by atoms with E-state index < -0.39 is 0 Å². The molecule has 1 aliphatic carbocycles. The van der Waals surface area contributed by atoms with Gasteiger partial charge in [0.25, 0.3) is 0 Å². The molecule has 0 radical (unpaired) electrons. The van der Waals surface area contributed by atoms with Crippen molar-refractivity contribution in [3.8, 4) is 5.75 Å². The molecule has 0 fully saturated rings. The van der Waals surface area contributed by atoms with E-state index in [1.54, 1.807) is 0 Å². The third-order valence-electron chi connectivity index (χ3n) is 5.06. The fourth-order valence-electron chi connectivity index (χ4n) is 3.58. The fourth-order valence-corrected chi connectivity index (χ4v) is 3.58. The molecule has 0 unspecified atom stereocenters. The highest BCUT2D eigenvalue weighted by molar-refractivity contribution is 5.75. The number of fused-ring (bicyclic) bond motifs is 1. The van der Waals surface area contributed by atoms with Crippen molar-refractivity contribution in [1.29, 1.82) is 0 Å². The van der Waals surface area contributed by atoms with E-state index in [4.69, 9.17) is 9.84 Å². The zero-order chi connectivity index (χ0) is 18.6. The maximum absolute atomic E-state index is 11.7. The molecule has 1 amide bonds. The summed E-state index contributed by atoms with van der Waals surface area (Å²) in [6.45, 7) is 3.33. The van der Waals surface area contributed by atoms with Gasteiger partial charge in [0.2, 0.25) is 5.91 Å². The lowest BCUT2D eigenvalue weighted by molar-refractivity contribution is -0.121. The van der Waals surface area contributed by atoms with Gasteiger partial charge in [0.1, 0.15) is 5.75 Å². The van der Waals surface area contributed by atoms with Crippen molar-refractivity contribution in [3.05, 3.63) is 28.8 Å². The van der Waals surface area contributed by atoms with Crippen LogP contribution in [-0.4, -0.2) is 30.8 Å². The fraction of sp³-hybridized carbons (Fsp3) is 0.682. The Balaban J connectivity index is 1.93. The summed E-state index contributed by atoms with van der Waals surface area (Å²) in [6, 6.07) is 4.58. The van der Waals surface area contributed by atoms with Crippen molar-refractivity contribution in [2.45, 2.75) is 77.6 Å². The molecule has 26 heavy (non-hydrogen) atoms. The third kappa shape index (κ3) is 6.99. The Morgan fingerprint density at radius 2 is 1.88 bits per heavy atom. The number of unbranched alkanes of at least 4 members (excludes halogenated alkanes) is 3. The van der Waals surface area contributed by atoms with Crippen molar-refractivity contribution < 1.29 is 14.6 Å². The molecule has 2 N–H and O–H groups in total. The molecule has 4 nitrogen and oxygen atoms in total. The summed E-state index contributed by atoms with van der Waals surface area (Å²) < 4.78 is 6.14. The van der Waals surface area contributed by atoms with Gasteiger partial charge in [0.15, 0.2) is 0 Å². The number of aliphatic hydroxyl groups excluding tert-OH is 1. The smallest absolute Gasteiger partial charge is 0.220 e. The van der Waals surface area contributed by atoms with E-state index in [0.29, 0.717) is 13.0 Å². The van der Waals surface area contributed by atoms with Gasteiger partial charge in [0.05, 0.1) is 13.2 Å². The monoisotopic (exact) mass is 361 g/mol. The summed E-state index contributed by atoms with van der Waals surface area (Å²) in [5, 5.41) is 11.5. The molecule has 0 aromatic heterocycles. The van der Waals surface area contributed by atoms with E-state index in [1.807, 2.05) is 0 Å². The van der Waals surface area contributed by atoms with E-state index in [-0.39, 0.29) is 12.5 Å². The Morgan fingerprint density at radius 3 is 2.62 bits per heavy atom. The number of carbonyl (C=O) groups excluding carboxylic acids is 1. The molecule has 1 aromatic rings. The zero-order valence-corrected chi connectivity index (χ0v) is 16.3. The number of amides is 1. The van der Waals surface area contributed by atoms with E-state index in [1.165, 1.54) is 48.8 Å². The standard InChI is InChI=1S/C22H35NO3/c1-2-3-4-7-15-26-21-17-19-10-6-5-9-18(19)16-20(21)11-8-12-22(25)23-13-14-24/h16-17,24H,2-15H2,1H3,(H,23,25). The van der Waals surface area contributed by atoms with Crippen LogP contribution in [-0.2, 0) is 24.1 Å². The van der Waals surface area contributed by atoms with Crippen LogP contribution in [0.2, 0.25) is 0 Å². The van der Waals surface area contributed by atoms with Crippen LogP contribution in [0.25, 0.3) is 0 Å². The summed E-state index contributed by atoms with van der Waals surface area (Å²) in [7, 11) is 0. The van der Waals surface area contributed by atoms with Crippen LogP contribution < -0.4 is 10.1 Å². The second-order valence-electron chi connectivity index (χ2n) is 7.27. The van der Waals surface area contributed by atoms with Crippen molar-refractivity contribution in [2.24, 2.45) is 0 Å². The molecule has 0 spiro atoms. The predicted molar refractivity (Wildman–Crippen MR) is 106 cm³/mol. The number of aryl methyl sites for hydroxylation is 3. The summed E-state index contributed by atoms with van der Waals surface area (Å²) >= 11 is 0. The first-order valence-corrected chi connectivity index (χ1v) is 10.4. The van der Waals surface area contributed by atoms with Crippen LogP contribution in [0, 0.1) is 0 Å². The van der Waals surface area contributed by atoms with Crippen LogP contribution in [0.1, 0.15) is 75.0 Å². The van der Waals surface area contributed by atoms with Gasteiger partial charge in [-0.25, -0.2) is 0 Å². The summed E-state index contributed by atoms with van der Waals surface area (Å²) in [6.07, 6.45) is 11.9. The Morgan fingerprint density at radius 1 is 1.12 bits per heavy atom. The number of aliphatic hydroxyl groups is 1. The quantitative estimate of drug-likeness (QED) is 0.554. The topological polar surface area (TPSA) is 58.6 Å². The van der Waals surface area contributed by atoms with Gasteiger partial charge in [-0.2, -0.15) is 0 Å². The minimum Gasteiger partial charge on any atom is -0.493 e. The highest BCUT2D eigenvalue weighted by Gasteiger charge is 2.14. The highest BCUT2D eigenvalue weighted by atomic mass is 16.5. The molecule has 1 aliphatic rings. The number of nitrogens with one attached hydrogen (secondary N) is 1. The maximum Gasteiger partial charge on any atom is 0.220 e. The van der Waals surface area contributed by atoms with Gasteiger partial charge in [-0.1, -0.05) is 32.3 Å². The Hall–Kier alpha value is -1.55. The second kappa shape index (κ2) is 11.9. The molecule has 0 saturated heterocycles. The number of benzene rings is 1. The van der Waals surface area contributed by atoms with Gasteiger partial charge >= 0.3 is 0 Å². The van der Waals surface area contributed by atoms with E-state index in [2.05, 4.69) is 24.4 Å². The molecular weight excluding hydrogens is 326 g/mol. The minimum absolute atomic E-state index is 0.00736. The van der Waals surface area contributed by atoms with E-state index in [0.717, 1.165) is 44.5 Å². The third-order valence-corrected chi connectivity index (χ3v) is 5.06. The first kappa shape index (κ1) is 20.8. The van der Waals surface area contributed by atoms with Crippen LogP contribution in [0.4, 0.5) is 0 Å². The van der Waals surface area contributed by atoms with Gasteiger partial charge in [-0.3, -0.25) is 4.79 Å². The van der Waals surface area contributed by atoms with Gasteiger partial charge in [0, 0.05) is 13.0 Å². The average molecular weight is 362 g/mol. The van der Waals surface area contributed by atoms with Gasteiger partial charge in [-0.15, -0.1) is 0 Å². The van der Waals surface area contributed by atoms with E-state index in [9.17, 15) is 4.79 Å². The predicted octanol–water partition coefficient (Wildman–Crippen LogP) is 3.96. The minimum atomic E-state index is -0.00736. The first-order chi connectivity index (χ1) is 12.7. The second-order valence-corrected chi connectivity index (χ2v) is 7.27. The Labute approximate surface area is 158 Å². The number of hydrogen-bond acceptors (Lipinski definition) is 3. The normalized spacial score (nSPS) is 13.3. The van der Waals surface area contributed by atoms with Crippen molar-refractivity contribution >= 4 is 5.91 Å². The molecule has 0 atom stereocenters. The van der Waals surface area contributed by atoms with Crippen molar-refractivity contribution in [2.75, 3.05) is 19.8 Å². The Bertz CT molecular complexity index is 557. The summed E-state index contributed by atoms with van der Waals surface area (Å²) in [5.41, 5.74) is 4.16. The summed E-state index contributed by atoms with van der Waals surface area (Å²) in [5.74, 6) is 1.04. The molecule has 1 aromatic carbocycles. The highest BCUT2D eigenvalue weighted by Crippen LogP contribution is 2.30. The van der Waals surface area contributed by atoms with Gasteiger partial charge in [-0.05, 0) is 67.7 Å². The number of ether oxygens (including phenoxy) is 1. The lowest BCUT2D eigenvalue weighted by Crippen LogP contribution is -2.26. The molecule has 0 saturated carbocycles. The average Bonchev–Trinajstić information content (AvgIpc) is 2.66. The molecule has 0 aliphatic heterocycles. The van der Waals surface area contributed by atoms with Crippen LogP contribution in [0.15, 0.2) is 12.1 Å². The largest absolute Gasteiger partial charge is 0.493 e. The maximum atomic E-state index is 11.7. The first-order valence-electron chi connectivity index (χ1n) is 10.4. The molecule has 0 bridgehead atoms. The summed E-state index contributed by atoms with van der Waals surface area (Å²) in [4.78, 5) is 11.7. The zero-order valence-electron chi connectivity index (χ0n) is 16.3. The van der Waals surface area contributed by atoms with Crippen molar-refractivity contribution in [1.82, 2.24) is 5.32 Å². The lowest BCUT2D eigenvalue weighted by atomic mass is 9.89. The van der Waals surface area contributed by atoms with Crippen LogP contribution in [0.5, 0.6) is 5.75 Å². The number of rotatable bonds is 12. The molecule has 4 heteroatoms. The molecular formula is C22H35NO3.